The molecular weight excluding hydrogens is 518 g/mol. The highest BCUT2D eigenvalue weighted by Gasteiger charge is 2.22. The maximum atomic E-state index is 13.1. The van der Waals surface area contributed by atoms with E-state index in [1.807, 2.05) is 84.9 Å². The number of aromatic nitrogens is 1. The van der Waals surface area contributed by atoms with Crippen LogP contribution in [0.2, 0.25) is 5.02 Å². The maximum Gasteiger partial charge on any atom is 0.267 e. The Morgan fingerprint density at radius 3 is 2.33 bits per heavy atom. The van der Waals surface area contributed by atoms with E-state index in [1.54, 1.807) is 0 Å². The van der Waals surface area contributed by atoms with Crippen LogP contribution >= 0.6 is 38.9 Å². The van der Waals surface area contributed by atoms with Gasteiger partial charge in [0.1, 0.15) is 9.71 Å². The van der Waals surface area contributed by atoms with E-state index in [4.69, 9.17) is 22.3 Å². The number of hydrogen-bond donors (Lipinski definition) is 2. The summed E-state index contributed by atoms with van der Waals surface area (Å²) in [7, 11) is 0. The van der Waals surface area contributed by atoms with Gasteiger partial charge in [0.15, 0.2) is 0 Å². The Balaban J connectivity index is 1.66. The highest BCUT2D eigenvalue weighted by molar-refractivity contribution is 9.10. The van der Waals surface area contributed by atoms with Crippen LogP contribution in [-0.2, 0) is 0 Å². The maximum absolute atomic E-state index is 13.1. The standard InChI is InChI=1S/C26H17BrClN3OS/c27-17-8-12-19(13-9-17)30-25(32)24-23(29)22-20(15-6-10-18(28)11-7-15)14-21(31-26(22)33-24)16-4-2-1-3-5-16/h1-14H,29H2,(H,30,32). The summed E-state index contributed by atoms with van der Waals surface area (Å²) >= 11 is 10.8. The average molecular weight is 535 g/mol. The number of amides is 1. The van der Waals surface area contributed by atoms with Crippen molar-refractivity contribution < 1.29 is 4.79 Å². The Hall–Kier alpha value is -3.19. The lowest BCUT2D eigenvalue weighted by atomic mass is 9.99. The Morgan fingerprint density at radius 1 is 0.939 bits per heavy atom. The van der Waals surface area contributed by atoms with E-state index < -0.39 is 0 Å². The first-order valence-electron chi connectivity index (χ1n) is 10.1. The van der Waals surface area contributed by atoms with Gasteiger partial charge in [0.25, 0.3) is 5.91 Å². The summed E-state index contributed by atoms with van der Waals surface area (Å²) in [5, 5.41) is 4.35. The first-order chi connectivity index (χ1) is 16.0. The third-order valence-electron chi connectivity index (χ3n) is 5.23. The molecule has 5 rings (SSSR count). The number of carbonyl (C=O) groups is 1. The van der Waals surface area contributed by atoms with E-state index in [9.17, 15) is 4.79 Å². The predicted octanol–water partition coefficient (Wildman–Crippen LogP) is 7.88. The number of rotatable bonds is 4. The molecule has 7 heteroatoms. The van der Waals surface area contributed by atoms with Crippen LogP contribution in [0.5, 0.6) is 0 Å². The van der Waals surface area contributed by atoms with Crippen LogP contribution in [0.4, 0.5) is 11.4 Å². The number of carbonyl (C=O) groups excluding carboxylic acids is 1. The quantitative estimate of drug-likeness (QED) is 0.246. The zero-order chi connectivity index (χ0) is 22.9. The van der Waals surface area contributed by atoms with Crippen molar-refractivity contribution in [3.8, 4) is 22.4 Å². The van der Waals surface area contributed by atoms with E-state index in [0.29, 0.717) is 26.1 Å². The molecule has 3 N–H and O–H groups in total. The summed E-state index contributed by atoms with van der Waals surface area (Å²) in [6.45, 7) is 0. The lowest BCUT2D eigenvalue weighted by Gasteiger charge is -2.09. The second-order valence-corrected chi connectivity index (χ2v) is 9.77. The van der Waals surface area contributed by atoms with Gasteiger partial charge < -0.3 is 11.1 Å². The number of anilines is 2. The number of halogens is 2. The van der Waals surface area contributed by atoms with Gasteiger partial charge in [0.05, 0.1) is 11.4 Å². The SMILES string of the molecule is Nc1c(C(=O)Nc2ccc(Br)cc2)sc2nc(-c3ccccc3)cc(-c3ccc(Cl)cc3)c12. The molecule has 0 saturated carbocycles. The fourth-order valence-corrected chi connectivity index (χ4v) is 5.03. The first kappa shape index (κ1) is 21.6. The molecule has 2 heterocycles. The van der Waals surface area contributed by atoms with Crippen molar-refractivity contribution in [2.45, 2.75) is 0 Å². The highest BCUT2D eigenvalue weighted by Crippen LogP contribution is 2.41. The molecule has 0 saturated heterocycles. The van der Waals surface area contributed by atoms with Crippen LogP contribution in [0.1, 0.15) is 9.67 Å². The van der Waals surface area contributed by atoms with E-state index in [-0.39, 0.29) is 5.91 Å². The van der Waals surface area contributed by atoms with Crippen molar-refractivity contribution in [2.75, 3.05) is 11.1 Å². The molecule has 0 bridgehead atoms. The molecule has 4 nitrogen and oxygen atoms in total. The minimum absolute atomic E-state index is 0.263. The smallest absolute Gasteiger partial charge is 0.267 e. The molecule has 0 aliphatic carbocycles. The van der Waals surface area contributed by atoms with E-state index in [0.717, 1.165) is 32.2 Å². The second-order valence-electron chi connectivity index (χ2n) is 7.41. The predicted molar refractivity (Wildman–Crippen MR) is 142 cm³/mol. The van der Waals surface area contributed by atoms with Gasteiger partial charge in [-0.15, -0.1) is 11.3 Å². The van der Waals surface area contributed by atoms with Gasteiger partial charge in [-0.2, -0.15) is 0 Å². The molecule has 0 aliphatic rings. The Kier molecular flexibility index (Phi) is 5.89. The summed E-state index contributed by atoms with van der Waals surface area (Å²) in [4.78, 5) is 19.1. The number of pyridine rings is 1. The summed E-state index contributed by atoms with van der Waals surface area (Å²) in [6.07, 6.45) is 0. The summed E-state index contributed by atoms with van der Waals surface area (Å²) in [6, 6.07) is 26.9. The minimum Gasteiger partial charge on any atom is -0.397 e. The molecule has 162 valence electrons. The molecule has 1 amide bonds. The molecule has 33 heavy (non-hydrogen) atoms. The number of benzene rings is 3. The van der Waals surface area contributed by atoms with Crippen LogP contribution < -0.4 is 11.1 Å². The molecule has 0 fully saturated rings. The van der Waals surface area contributed by atoms with Crippen molar-refractivity contribution in [3.63, 3.8) is 0 Å². The zero-order valence-corrected chi connectivity index (χ0v) is 20.3. The number of nitrogens with two attached hydrogens (primary N) is 1. The third kappa shape index (κ3) is 4.37. The fraction of sp³-hybridized carbons (Fsp3) is 0. The van der Waals surface area contributed by atoms with Gasteiger partial charge in [-0.1, -0.05) is 70.0 Å². The summed E-state index contributed by atoms with van der Waals surface area (Å²) < 4.78 is 0.937. The normalized spacial score (nSPS) is 11.0. The first-order valence-corrected chi connectivity index (χ1v) is 12.1. The van der Waals surface area contributed by atoms with E-state index >= 15 is 0 Å². The average Bonchev–Trinajstić information content (AvgIpc) is 3.17. The second kappa shape index (κ2) is 8.98. The monoisotopic (exact) mass is 533 g/mol. The summed E-state index contributed by atoms with van der Waals surface area (Å²) in [5.41, 5.74) is 11.3. The molecule has 3 aromatic carbocycles. The van der Waals surface area contributed by atoms with Crippen molar-refractivity contribution in [3.05, 3.63) is 99.3 Å². The van der Waals surface area contributed by atoms with Gasteiger partial charge in [0, 0.05) is 26.1 Å². The van der Waals surface area contributed by atoms with Crippen LogP contribution in [0.3, 0.4) is 0 Å². The molecule has 0 spiro atoms. The van der Waals surface area contributed by atoms with Gasteiger partial charge in [-0.25, -0.2) is 4.98 Å². The van der Waals surface area contributed by atoms with Gasteiger partial charge in [-0.05, 0) is 53.6 Å². The van der Waals surface area contributed by atoms with Crippen LogP contribution in [0.25, 0.3) is 32.6 Å². The lowest BCUT2D eigenvalue weighted by Crippen LogP contribution is -2.11. The van der Waals surface area contributed by atoms with Crippen LogP contribution in [-0.4, -0.2) is 10.9 Å². The van der Waals surface area contributed by atoms with Crippen molar-refractivity contribution in [1.29, 1.82) is 0 Å². The number of fused-ring (bicyclic) bond motifs is 1. The molecule has 0 atom stereocenters. The molecule has 5 aromatic rings. The van der Waals surface area contributed by atoms with E-state index in [2.05, 4.69) is 21.2 Å². The Labute approximate surface area is 208 Å². The number of nitrogen functional groups attached to an aromatic ring is 1. The van der Waals surface area contributed by atoms with Crippen molar-refractivity contribution in [2.24, 2.45) is 0 Å². The van der Waals surface area contributed by atoms with Crippen molar-refractivity contribution >= 4 is 66.4 Å². The molecule has 2 aromatic heterocycles. The number of thiophene rings is 1. The highest BCUT2D eigenvalue weighted by atomic mass is 79.9. The number of nitrogens with zero attached hydrogens (tertiary/aromatic N) is 1. The summed E-state index contributed by atoms with van der Waals surface area (Å²) in [5.74, 6) is -0.263. The molecule has 0 unspecified atom stereocenters. The molecule has 0 radical (unpaired) electrons. The van der Waals surface area contributed by atoms with Crippen LogP contribution in [0, 0.1) is 0 Å². The molecule has 0 aliphatic heterocycles. The third-order valence-corrected chi connectivity index (χ3v) is 7.11. The van der Waals surface area contributed by atoms with Gasteiger partial charge in [0.2, 0.25) is 0 Å². The fourth-order valence-electron chi connectivity index (χ4n) is 3.62. The van der Waals surface area contributed by atoms with E-state index in [1.165, 1.54) is 11.3 Å². The Morgan fingerprint density at radius 2 is 1.64 bits per heavy atom. The number of nitrogens with one attached hydrogen (secondary N) is 1. The largest absolute Gasteiger partial charge is 0.397 e. The van der Waals surface area contributed by atoms with Gasteiger partial charge >= 0.3 is 0 Å². The Bertz CT molecular complexity index is 1470. The minimum atomic E-state index is -0.263. The zero-order valence-electron chi connectivity index (χ0n) is 17.2. The number of hydrogen-bond acceptors (Lipinski definition) is 4. The van der Waals surface area contributed by atoms with Crippen molar-refractivity contribution in [1.82, 2.24) is 4.98 Å². The van der Waals surface area contributed by atoms with Gasteiger partial charge in [-0.3, -0.25) is 4.79 Å². The topological polar surface area (TPSA) is 68.0 Å². The molecular formula is C26H17BrClN3OS. The van der Waals surface area contributed by atoms with Crippen LogP contribution in [0.15, 0.2) is 89.4 Å². The lowest BCUT2D eigenvalue weighted by molar-refractivity contribution is 0.103.